The summed E-state index contributed by atoms with van der Waals surface area (Å²) in [7, 11) is 1.37. The van der Waals surface area contributed by atoms with Crippen molar-refractivity contribution in [1.29, 1.82) is 0 Å². The summed E-state index contributed by atoms with van der Waals surface area (Å²) in [5.74, 6) is 1.94. The second-order valence-electron chi connectivity index (χ2n) is 4.71. The maximum atomic E-state index is 12.5. The molecule has 0 unspecified atom stereocenters. The van der Waals surface area contributed by atoms with E-state index in [1.807, 2.05) is 23.9 Å². The third-order valence-electron chi connectivity index (χ3n) is 3.28. The van der Waals surface area contributed by atoms with E-state index in [0.717, 1.165) is 27.7 Å². The van der Waals surface area contributed by atoms with E-state index in [4.69, 9.17) is 0 Å². The summed E-state index contributed by atoms with van der Waals surface area (Å²) in [5.41, 5.74) is 1.31. The molecule has 1 aliphatic rings. The van der Waals surface area contributed by atoms with Crippen LogP contribution in [0, 0.1) is 0 Å². The van der Waals surface area contributed by atoms with Crippen LogP contribution in [0.1, 0.15) is 29.9 Å². The van der Waals surface area contributed by atoms with Gasteiger partial charge in [-0.05, 0) is 35.9 Å². The van der Waals surface area contributed by atoms with Gasteiger partial charge in [-0.15, -0.1) is 22.7 Å². The van der Waals surface area contributed by atoms with Gasteiger partial charge in [0.1, 0.15) is 0 Å². The molecule has 0 saturated carbocycles. The molecule has 3 heterocycles. The molecule has 0 fully saturated rings. The molecule has 2 aromatic heterocycles. The number of thiophene rings is 2. The summed E-state index contributed by atoms with van der Waals surface area (Å²) >= 11 is 4.91. The highest BCUT2D eigenvalue weighted by Gasteiger charge is 2.20. The van der Waals surface area contributed by atoms with Crippen molar-refractivity contribution < 1.29 is 14.3 Å². The van der Waals surface area contributed by atoms with Gasteiger partial charge in [-0.2, -0.15) is 11.8 Å². The van der Waals surface area contributed by atoms with E-state index in [2.05, 4.69) is 4.74 Å². The zero-order valence-corrected chi connectivity index (χ0v) is 14.0. The molecule has 0 N–H and O–H groups in total. The first-order valence-corrected chi connectivity index (χ1v) is 9.35. The molecule has 0 aromatic carbocycles. The number of carbonyl (C=O) groups is 2. The highest BCUT2D eigenvalue weighted by molar-refractivity contribution is 7.98. The molecule has 0 atom stereocenters. The quantitative estimate of drug-likeness (QED) is 0.632. The van der Waals surface area contributed by atoms with Crippen LogP contribution >= 0.6 is 34.4 Å². The number of ether oxygens (including phenoxy) is 1. The summed E-state index contributed by atoms with van der Waals surface area (Å²) in [5, 5.41) is 0. The molecule has 0 saturated heterocycles. The van der Waals surface area contributed by atoms with E-state index >= 15 is 0 Å². The Labute approximate surface area is 135 Å². The van der Waals surface area contributed by atoms with Crippen molar-refractivity contribution in [3.63, 3.8) is 0 Å². The van der Waals surface area contributed by atoms with Gasteiger partial charge >= 0.3 is 5.97 Å². The van der Waals surface area contributed by atoms with Crippen LogP contribution in [-0.4, -0.2) is 24.6 Å². The van der Waals surface area contributed by atoms with Crippen molar-refractivity contribution in [2.45, 2.75) is 18.6 Å². The van der Waals surface area contributed by atoms with Gasteiger partial charge in [-0.1, -0.05) is 0 Å². The standard InChI is InChI=1S/C15H14O3S3/c1-18-14(16)7-10-2-3-12(20-10)15(17)13-6-9-8-19-5-4-11(9)21-13/h2-3,6H,4-5,7-8H2,1H3. The van der Waals surface area contributed by atoms with Gasteiger partial charge in [0.2, 0.25) is 5.78 Å². The maximum Gasteiger partial charge on any atom is 0.310 e. The number of aryl methyl sites for hydroxylation is 1. The zero-order chi connectivity index (χ0) is 14.8. The highest BCUT2D eigenvalue weighted by Crippen LogP contribution is 2.33. The number of fused-ring (bicyclic) bond motifs is 1. The lowest BCUT2D eigenvalue weighted by Gasteiger charge is -2.08. The number of methoxy groups -OCH3 is 1. The first-order chi connectivity index (χ1) is 10.2. The first-order valence-electron chi connectivity index (χ1n) is 6.57. The van der Waals surface area contributed by atoms with Crippen LogP contribution < -0.4 is 0 Å². The summed E-state index contributed by atoms with van der Waals surface area (Å²) < 4.78 is 4.65. The lowest BCUT2D eigenvalue weighted by Crippen LogP contribution is -2.02. The SMILES string of the molecule is COC(=O)Cc1ccc(C(=O)c2cc3c(s2)CCSC3)s1. The minimum absolute atomic E-state index is 0.0699. The topological polar surface area (TPSA) is 43.4 Å². The summed E-state index contributed by atoms with van der Waals surface area (Å²) in [6.07, 6.45) is 1.29. The van der Waals surface area contributed by atoms with Crippen molar-refractivity contribution in [2.75, 3.05) is 12.9 Å². The maximum absolute atomic E-state index is 12.5. The van der Waals surface area contributed by atoms with Crippen molar-refractivity contribution >= 4 is 46.2 Å². The van der Waals surface area contributed by atoms with Crippen LogP contribution in [0.4, 0.5) is 0 Å². The highest BCUT2D eigenvalue weighted by atomic mass is 32.2. The van der Waals surface area contributed by atoms with Crippen LogP contribution in [0.15, 0.2) is 18.2 Å². The molecule has 0 aliphatic carbocycles. The fourth-order valence-corrected chi connectivity index (χ4v) is 5.53. The molecule has 3 rings (SSSR count). The lowest BCUT2D eigenvalue weighted by molar-refractivity contribution is -0.139. The monoisotopic (exact) mass is 338 g/mol. The van der Waals surface area contributed by atoms with E-state index in [0.29, 0.717) is 4.88 Å². The normalized spacial score (nSPS) is 13.8. The van der Waals surface area contributed by atoms with Gasteiger partial charge < -0.3 is 4.74 Å². The van der Waals surface area contributed by atoms with Gasteiger partial charge in [-0.25, -0.2) is 0 Å². The Kier molecular flexibility index (Phi) is 4.47. The fraction of sp³-hybridized carbons (Fsp3) is 0.333. The van der Waals surface area contributed by atoms with Crippen molar-refractivity contribution in [3.8, 4) is 0 Å². The van der Waals surface area contributed by atoms with E-state index in [1.165, 1.54) is 28.9 Å². The van der Waals surface area contributed by atoms with Crippen molar-refractivity contribution in [1.82, 2.24) is 0 Å². The van der Waals surface area contributed by atoms with Crippen molar-refractivity contribution in [3.05, 3.63) is 43.3 Å². The third-order valence-corrected chi connectivity index (χ3v) is 6.61. The van der Waals surface area contributed by atoms with Crippen LogP contribution in [-0.2, 0) is 28.1 Å². The number of thioether (sulfide) groups is 1. The molecule has 110 valence electrons. The average Bonchev–Trinajstić information content (AvgIpc) is 3.12. The molecule has 21 heavy (non-hydrogen) atoms. The van der Waals surface area contributed by atoms with Crippen molar-refractivity contribution in [2.24, 2.45) is 0 Å². The molecule has 6 heteroatoms. The molecule has 3 nitrogen and oxygen atoms in total. The van der Waals surface area contributed by atoms with Gasteiger partial charge in [0.15, 0.2) is 0 Å². The Morgan fingerprint density at radius 1 is 1.24 bits per heavy atom. The Hall–Kier alpha value is -1.11. The Morgan fingerprint density at radius 2 is 2.10 bits per heavy atom. The van der Waals surface area contributed by atoms with E-state index in [9.17, 15) is 9.59 Å². The number of rotatable bonds is 4. The van der Waals surface area contributed by atoms with E-state index in [1.54, 1.807) is 17.4 Å². The van der Waals surface area contributed by atoms with Crippen LogP contribution in [0.5, 0.6) is 0 Å². The number of esters is 1. The minimum Gasteiger partial charge on any atom is -0.469 e. The molecule has 0 amide bonds. The van der Waals surface area contributed by atoms with E-state index < -0.39 is 0 Å². The van der Waals surface area contributed by atoms with E-state index in [-0.39, 0.29) is 18.2 Å². The number of hydrogen-bond donors (Lipinski definition) is 0. The van der Waals surface area contributed by atoms with Crippen LogP contribution in [0.2, 0.25) is 0 Å². The van der Waals surface area contributed by atoms with Gasteiger partial charge in [-0.3, -0.25) is 9.59 Å². The molecule has 1 aliphatic heterocycles. The molecule has 0 radical (unpaired) electrons. The lowest BCUT2D eigenvalue weighted by atomic mass is 10.2. The second kappa shape index (κ2) is 6.34. The minimum atomic E-state index is -0.278. The number of carbonyl (C=O) groups excluding carboxylic acids is 2. The second-order valence-corrected chi connectivity index (χ2v) is 8.12. The molecular formula is C15H14O3S3. The van der Waals surface area contributed by atoms with Gasteiger partial charge in [0.05, 0.1) is 23.3 Å². The molecule has 2 aromatic rings. The van der Waals surface area contributed by atoms with Gasteiger partial charge in [0.25, 0.3) is 0 Å². The molecule has 0 bridgehead atoms. The summed E-state index contributed by atoms with van der Waals surface area (Å²) in [6.45, 7) is 0. The van der Waals surface area contributed by atoms with Gasteiger partial charge in [0, 0.05) is 15.5 Å². The molecule has 0 spiro atoms. The van der Waals surface area contributed by atoms with Crippen LogP contribution in [0.25, 0.3) is 0 Å². The van der Waals surface area contributed by atoms with Crippen LogP contribution in [0.3, 0.4) is 0 Å². The summed E-state index contributed by atoms with van der Waals surface area (Å²) in [6, 6.07) is 5.67. The summed E-state index contributed by atoms with van der Waals surface area (Å²) in [4.78, 5) is 27.5. The zero-order valence-electron chi connectivity index (χ0n) is 11.5. The average molecular weight is 338 g/mol. The smallest absolute Gasteiger partial charge is 0.310 e. The first kappa shape index (κ1) is 14.8. The largest absolute Gasteiger partial charge is 0.469 e. The number of ketones is 1. The number of hydrogen-bond acceptors (Lipinski definition) is 6. The third kappa shape index (κ3) is 3.22. The fourth-order valence-electron chi connectivity index (χ4n) is 2.19. The predicted molar refractivity (Wildman–Crippen MR) is 87.7 cm³/mol. The Balaban J connectivity index is 1.78. The Bertz CT molecular complexity index is 661. The Morgan fingerprint density at radius 3 is 2.86 bits per heavy atom. The predicted octanol–water partition coefficient (Wildman–Crippen LogP) is 3.55. The molecular weight excluding hydrogens is 324 g/mol.